The van der Waals surface area contributed by atoms with Crippen LogP contribution in [0.4, 0.5) is 0 Å². The number of likely N-dealkylation sites (tertiary alicyclic amines) is 1. The van der Waals surface area contributed by atoms with E-state index < -0.39 is 5.54 Å². The number of rotatable bonds is 5. The van der Waals surface area contributed by atoms with Crippen LogP contribution < -0.4 is 11.1 Å². The van der Waals surface area contributed by atoms with Gasteiger partial charge in [-0.15, -0.1) is 0 Å². The van der Waals surface area contributed by atoms with E-state index in [9.17, 15) is 4.79 Å². The highest BCUT2D eigenvalue weighted by atomic mass is 16.2. The molecule has 0 spiro atoms. The second kappa shape index (κ2) is 6.16. The van der Waals surface area contributed by atoms with Crippen molar-refractivity contribution in [2.45, 2.75) is 43.7 Å². The third-order valence-electron chi connectivity index (χ3n) is 4.92. The quantitative estimate of drug-likeness (QED) is 0.868. The Morgan fingerprint density at radius 3 is 2.43 bits per heavy atom. The van der Waals surface area contributed by atoms with E-state index in [-0.39, 0.29) is 11.9 Å². The molecule has 1 unspecified atom stereocenters. The summed E-state index contributed by atoms with van der Waals surface area (Å²) in [7, 11) is 0. The van der Waals surface area contributed by atoms with Gasteiger partial charge in [0.15, 0.2) is 0 Å². The maximum Gasteiger partial charge on any atom is 0.240 e. The Morgan fingerprint density at radius 1 is 1.19 bits per heavy atom. The van der Waals surface area contributed by atoms with Crippen molar-refractivity contribution in [3.63, 3.8) is 0 Å². The van der Waals surface area contributed by atoms with Crippen LogP contribution in [0.2, 0.25) is 0 Å². The summed E-state index contributed by atoms with van der Waals surface area (Å²) in [6, 6.07) is 10.7. The molecule has 4 nitrogen and oxygen atoms in total. The van der Waals surface area contributed by atoms with E-state index in [1.807, 2.05) is 6.07 Å². The minimum atomic E-state index is -0.605. The SMILES string of the molecule is NC1(C(=O)NCC(c2ccccc2)N2CCCC2)CCC1. The molecule has 4 heteroatoms. The van der Waals surface area contributed by atoms with Gasteiger partial charge in [-0.25, -0.2) is 0 Å². The molecular weight excluding hydrogens is 262 g/mol. The molecule has 1 saturated heterocycles. The molecule has 2 fully saturated rings. The first-order valence-corrected chi connectivity index (χ1v) is 8.05. The normalized spacial score (nSPS) is 22.5. The number of nitrogens with zero attached hydrogens (tertiary/aromatic N) is 1. The Labute approximate surface area is 126 Å². The summed E-state index contributed by atoms with van der Waals surface area (Å²) in [4.78, 5) is 14.7. The highest BCUT2D eigenvalue weighted by molar-refractivity contribution is 5.87. The molecule has 1 heterocycles. The lowest BCUT2D eigenvalue weighted by atomic mass is 9.77. The maximum absolute atomic E-state index is 12.2. The predicted molar refractivity (Wildman–Crippen MR) is 83.8 cm³/mol. The number of hydrogen-bond acceptors (Lipinski definition) is 3. The second-order valence-corrected chi connectivity index (χ2v) is 6.39. The van der Waals surface area contributed by atoms with Crippen molar-refractivity contribution in [1.29, 1.82) is 0 Å². The highest BCUT2D eigenvalue weighted by Crippen LogP contribution is 2.30. The number of carbonyl (C=O) groups excluding carboxylic acids is 1. The first-order chi connectivity index (χ1) is 10.2. The summed E-state index contributed by atoms with van der Waals surface area (Å²) in [5.74, 6) is 0.0221. The van der Waals surface area contributed by atoms with Crippen molar-refractivity contribution in [2.24, 2.45) is 5.73 Å². The summed E-state index contributed by atoms with van der Waals surface area (Å²) >= 11 is 0. The second-order valence-electron chi connectivity index (χ2n) is 6.39. The largest absolute Gasteiger partial charge is 0.353 e. The Kier molecular flexibility index (Phi) is 4.27. The Hall–Kier alpha value is -1.39. The van der Waals surface area contributed by atoms with E-state index in [1.54, 1.807) is 0 Å². The molecule has 2 aliphatic rings. The number of nitrogens with one attached hydrogen (secondary N) is 1. The third kappa shape index (κ3) is 3.11. The zero-order chi connectivity index (χ0) is 14.7. The standard InChI is InChI=1S/C17H25N3O/c18-17(9-6-10-17)16(21)19-13-15(20-11-4-5-12-20)14-7-2-1-3-8-14/h1-3,7-8,15H,4-6,9-13,18H2,(H,19,21). The summed E-state index contributed by atoms with van der Waals surface area (Å²) < 4.78 is 0. The van der Waals surface area contributed by atoms with Gasteiger partial charge in [0.1, 0.15) is 0 Å². The number of benzene rings is 1. The van der Waals surface area contributed by atoms with Crippen molar-refractivity contribution >= 4 is 5.91 Å². The smallest absolute Gasteiger partial charge is 0.240 e. The number of amides is 1. The van der Waals surface area contributed by atoms with Gasteiger partial charge in [-0.3, -0.25) is 9.69 Å². The molecule has 114 valence electrons. The molecule has 1 aliphatic carbocycles. The molecule has 1 aromatic rings. The van der Waals surface area contributed by atoms with Crippen molar-refractivity contribution in [3.8, 4) is 0 Å². The zero-order valence-corrected chi connectivity index (χ0v) is 12.6. The summed E-state index contributed by atoms with van der Waals surface area (Å²) in [5, 5.41) is 3.09. The molecule has 1 atom stereocenters. The Morgan fingerprint density at radius 2 is 1.86 bits per heavy atom. The number of hydrogen-bond donors (Lipinski definition) is 2. The summed E-state index contributed by atoms with van der Waals surface area (Å²) in [6.45, 7) is 2.88. The van der Waals surface area contributed by atoms with Crippen molar-refractivity contribution in [3.05, 3.63) is 35.9 Å². The van der Waals surface area contributed by atoms with Crippen LogP contribution in [0.3, 0.4) is 0 Å². The van der Waals surface area contributed by atoms with Gasteiger partial charge in [0, 0.05) is 6.54 Å². The van der Waals surface area contributed by atoms with Crippen LogP contribution in [0.1, 0.15) is 43.7 Å². The van der Waals surface area contributed by atoms with Crippen LogP contribution in [0.5, 0.6) is 0 Å². The zero-order valence-electron chi connectivity index (χ0n) is 12.6. The average molecular weight is 287 g/mol. The fourth-order valence-electron chi connectivity index (χ4n) is 3.34. The van der Waals surface area contributed by atoms with Crippen LogP contribution in [0.25, 0.3) is 0 Å². The third-order valence-corrected chi connectivity index (χ3v) is 4.92. The molecule has 0 bridgehead atoms. The van der Waals surface area contributed by atoms with Crippen LogP contribution in [-0.4, -0.2) is 36.0 Å². The molecule has 1 aromatic carbocycles. The Bertz CT molecular complexity index is 478. The van der Waals surface area contributed by atoms with E-state index in [4.69, 9.17) is 5.73 Å². The summed E-state index contributed by atoms with van der Waals surface area (Å²) in [5.41, 5.74) is 6.77. The number of nitrogens with two attached hydrogens (primary N) is 1. The first-order valence-electron chi connectivity index (χ1n) is 8.05. The maximum atomic E-state index is 12.2. The van der Waals surface area contributed by atoms with Crippen LogP contribution in [-0.2, 0) is 4.79 Å². The number of carbonyl (C=O) groups is 1. The predicted octanol–water partition coefficient (Wildman–Crippen LogP) is 1.82. The Balaban J connectivity index is 1.66. The fraction of sp³-hybridized carbons (Fsp3) is 0.588. The van der Waals surface area contributed by atoms with Crippen LogP contribution in [0, 0.1) is 0 Å². The van der Waals surface area contributed by atoms with Gasteiger partial charge in [-0.2, -0.15) is 0 Å². The minimum Gasteiger partial charge on any atom is -0.353 e. The van der Waals surface area contributed by atoms with Gasteiger partial charge in [-0.1, -0.05) is 30.3 Å². The van der Waals surface area contributed by atoms with Gasteiger partial charge >= 0.3 is 0 Å². The van der Waals surface area contributed by atoms with E-state index in [0.29, 0.717) is 6.54 Å². The molecule has 3 rings (SSSR count). The topological polar surface area (TPSA) is 58.4 Å². The first kappa shape index (κ1) is 14.5. The highest BCUT2D eigenvalue weighted by Gasteiger charge is 2.40. The molecule has 0 aromatic heterocycles. The van der Waals surface area contributed by atoms with E-state index >= 15 is 0 Å². The monoisotopic (exact) mass is 287 g/mol. The summed E-state index contributed by atoms with van der Waals surface area (Å²) in [6.07, 6.45) is 5.20. The molecule has 21 heavy (non-hydrogen) atoms. The van der Waals surface area contributed by atoms with Crippen LogP contribution >= 0.6 is 0 Å². The lowest BCUT2D eigenvalue weighted by Gasteiger charge is -2.37. The van der Waals surface area contributed by atoms with Gasteiger partial charge in [0.25, 0.3) is 0 Å². The molecule has 1 saturated carbocycles. The van der Waals surface area contributed by atoms with Crippen LogP contribution in [0.15, 0.2) is 30.3 Å². The van der Waals surface area contributed by atoms with Crippen molar-refractivity contribution < 1.29 is 4.79 Å². The molecule has 1 aliphatic heterocycles. The molecule has 0 radical (unpaired) electrons. The lowest BCUT2D eigenvalue weighted by Crippen LogP contribution is -2.59. The average Bonchev–Trinajstić information content (AvgIpc) is 3.00. The van der Waals surface area contributed by atoms with Gasteiger partial charge in [0.2, 0.25) is 5.91 Å². The molecule has 1 amide bonds. The van der Waals surface area contributed by atoms with E-state index in [1.165, 1.54) is 18.4 Å². The minimum absolute atomic E-state index is 0.0221. The molecule has 3 N–H and O–H groups in total. The van der Waals surface area contributed by atoms with Gasteiger partial charge in [-0.05, 0) is 50.8 Å². The fourth-order valence-corrected chi connectivity index (χ4v) is 3.34. The molecular formula is C17H25N3O. The lowest BCUT2D eigenvalue weighted by molar-refractivity contribution is -0.129. The van der Waals surface area contributed by atoms with Crippen molar-refractivity contribution in [2.75, 3.05) is 19.6 Å². The van der Waals surface area contributed by atoms with Gasteiger partial charge in [0.05, 0.1) is 11.6 Å². The van der Waals surface area contributed by atoms with E-state index in [2.05, 4.69) is 34.5 Å². The van der Waals surface area contributed by atoms with Gasteiger partial charge < -0.3 is 11.1 Å². The van der Waals surface area contributed by atoms with E-state index in [0.717, 1.165) is 32.4 Å². The van der Waals surface area contributed by atoms with Crippen molar-refractivity contribution in [1.82, 2.24) is 10.2 Å².